The highest BCUT2D eigenvalue weighted by Gasteiger charge is 1.80. The Morgan fingerprint density at radius 1 is 1.07 bits per heavy atom. The molecule has 0 saturated carbocycles. The Labute approximate surface area is 85.0 Å². The molecular formula is C12H16O2. The summed E-state index contributed by atoms with van der Waals surface area (Å²) in [6.45, 7) is 1.97. The molecule has 14 heavy (non-hydrogen) atoms. The molecule has 0 aromatic carbocycles. The van der Waals surface area contributed by atoms with Crippen molar-refractivity contribution >= 4 is 5.97 Å². The van der Waals surface area contributed by atoms with Gasteiger partial charge in [-0.05, 0) is 19.8 Å². The fraction of sp³-hybridized carbons (Fsp3) is 0.250. The van der Waals surface area contributed by atoms with Crippen LogP contribution in [0.4, 0.5) is 0 Å². The lowest BCUT2D eigenvalue weighted by molar-refractivity contribution is -0.131. The first kappa shape index (κ1) is 12.4. The second-order valence-corrected chi connectivity index (χ2v) is 2.66. The van der Waals surface area contributed by atoms with Gasteiger partial charge in [-0.15, -0.1) is 0 Å². The van der Waals surface area contributed by atoms with Crippen LogP contribution >= 0.6 is 0 Å². The topological polar surface area (TPSA) is 37.3 Å². The summed E-state index contributed by atoms with van der Waals surface area (Å²) in [5, 5.41) is 8.27. The zero-order valence-electron chi connectivity index (χ0n) is 8.39. The van der Waals surface area contributed by atoms with Crippen molar-refractivity contribution in [2.75, 3.05) is 0 Å². The van der Waals surface area contributed by atoms with Crippen molar-refractivity contribution in [2.45, 2.75) is 19.8 Å². The van der Waals surface area contributed by atoms with Gasteiger partial charge in [-0.2, -0.15) is 0 Å². The molecule has 0 bridgehead atoms. The van der Waals surface area contributed by atoms with Gasteiger partial charge in [-0.1, -0.05) is 42.5 Å². The summed E-state index contributed by atoms with van der Waals surface area (Å²) < 4.78 is 0. The van der Waals surface area contributed by atoms with E-state index in [0.717, 1.165) is 18.9 Å². The second kappa shape index (κ2) is 9.52. The molecule has 0 saturated heterocycles. The first-order valence-corrected chi connectivity index (χ1v) is 4.61. The Hall–Kier alpha value is -1.57. The van der Waals surface area contributed by atoms with E-state index < -0.39 is 5.97 Å². The first-order valence-electron chi connectivity index (χ1n) is 4.61. The zero-order valence-corrected chi connectivity index (χ0v) is 8.39. The van der Waals surface area contributed by atoms with Crippen molar-refractivity contribution < 1.29 is 9.90 Å². The lowest BCUT2D eigenvalue weighted by Gasteiger charge is -1.83. The minimum absolute atomic E-state index is 0.914. The van der Waals surface area contributed by atoms with Gasteiger partial charge in [0, 0.05) is 6.08 Å². The molecule has 76 valence electrons. The van der Waals surface area contributed by atoms with Crippen LogP contribution in [0, 0.1) is 0 Å². The minimum atomic E-state index is -0.914. The molecule has 0 unspecified atom stereocenters. The average molecular weight is 192 g/mol. The van der Waals surface area contributed by atoms with Crippen molar-refractivity contribution in [1.29, 1.82) is 0 Å². The molecule has 2 nitrogen and oxygen atoms in total. The van der Waals surface area contributed by atoms with Crippen LogP contribution in [0.25, 0.3) is 0 Å². The summed E-state index contributed by atoms with van der Waals surface area (Å²) in [6, 6.07) is 0. The third kappa shape index (κ3) is 10.4. The van der Waals surface area contributed by atoms with Crippen molar-refractivity contribution in [1.82, 2.24) is 0 Å². The highest BCUT2D eigenvalue weighted by molar-refractivity contribution is 5.80. The van der Waals surface area contributed by atoms with Crippen molar-refractivity contribution in [3.05, 3.63) is 48.6 Å². The lowest BCUT2D eigenvalue weighted by atomic mass is 10.2. The van der Waals surface area contributed by atoms with Gasteiger partial charge < -0.3 is 5.11 Å². The van der Waals surface area contributed by atoms with E-state index >= 15 is 0 Å². The van der Waals surface area contributed by atoms with Crippen molar-refractivity contribution in [2.24, 2.45) is 0 Å². The van der Waals surface area contributed by atoms with Crippen molar-refractivity contribution in [3.8, 4) is 0 Å². The molecule has 0 atom stereocenters. The molecule has 0 spiro atoms. The number of allylic oxidation sites excluding steroid dienone is 7. The van der Waals surface area contributed by atoms with E-state index in [4.69, 9.17) is 5.11 Å². The number of unbranched alkanes of at least 4 members (excludes halogenated alkanes) is 1. The molecule has 0 aromatic rings. The Morgan fingerprint density at radius 2 is 1.64 bits per heavy atom. The quantitative estimate of drug-likeness (QED) is 0.399. The molecule has 0 aromatic heterocycles. The molecule has 0 heterocycles. The number of rotatable bonds is 6. The Morgan fingerprint density at radius 3 is 2.14 bits per heavy atom. The number of carboxylic acid groups (broad SMARTS) is 1. The van der Waals surface area contributed by atoms with Gasteiger partial charge in [-0.25, -0.2) is 4.79 Å². The highest BCUT2D eigenvalue weighted by Crippen LogP contribution is 1.93. The predicted octanol–water partition coefficient (Wildman–Crippen LogP) is 3.10. The number of carbonyl (C=O) groups is 1. The SMILES string of the molecule is CC=C/C=C\CC/C=C/C=C/C(=O)O. The molecule has 2 heteroatoms. The fourth-order valence-corrected chi connectivity index (χ4v) is 0.791. The van der Waals surface area contributed by atoms with Crippen LogP contribution in [-0.4, -0.2) is 11.1 Å². The summed E-state index contributed by atoms with van der Waals surface area (Å²) in [5.74, 6) is -0.914. The highest BCUT2D eigenvalue weighted by atomic mass is 16.4. The van der Waals surface area contributed by atoms with Gasteiger partial charge in [0.2, 0.25) is 0 Å². The largest absolute Gasteiger partial charge is 0.478 e. The average Bonchev–Trinajstić information content (AvgIpc) is 2.15. The van der Waals surface area contributed by atoms with Crippen LogP contribution in [-0.2, 0) is 4.79 Å². The minimum Gasteiger partial charge on any atom is -0.478 e. The fourth-order valence-electron chi connectivity index (χ4n) is 0.791. The summed E-state index contributed by atoms with van der Waals surface area (Å²) >= 11 is 0. The number of aliphatic carboxylic acids is 1. The van der Waals surface area contributed by atoms with Gasteiger partial charge in [0.15, 0.2) is 0 Å². The molecule has 0 amide bonds. The number of carboxylic acids is 1. The summed E-state index contributed by atoms with van der Waals surface area (Å²) in [5.41, 5.74) is 0. The van der Waals surface area contributed by atoms with Crippen LogP contribution < -0.4 is 0 Å². The van der Waals surface area contributed by atoms with E-state index in [0.29, 0.717) is 0 Å². The summed E-state index contributed by atoms with van der Waals surface area (Å²) in [4.78, 5) is 10.1. The number of hydrogen-bond acceptors (Lipinski definition) is 1. The maximum absolute atomic E-state index is 10.1. The molecule has 0 radical (unpaired) electrons. The molecule has 0 rings (SSSR count). The van der Waals surface area contributed by atoms with E-state index in [-0.39, 0.29) is 0 Å². The van der Waals surface area contributed by atoms with E-state index in [9.17, 15) is 4.79 Å². The van der Waals surface area contributed by atoms with Crippen LogP contribution in [0.5, 0.6) is 0 Å². The van der Waals surface area contributed by atoms with E-state index in [1.54, 1.807) is 6.08 Å². The van der Waals surface area contributed by atoms with Crippen LogP contribution in [0.1, 0.15) is 19.8 Å². The third-order valence-corrected chi connectivity index (χ3v) is 1.43. The Kier molecular flexibility index (Phi) is 8.45. The monoisotopic (exact) mass is 192 g/mol. The van der Waals surface area contributed by atoms with E-state index in [1.807, 2.05) is 31.2 Å². The lowest BCUT2D eigenvalue weighted by Crippen LogP contribution is -1.84. The van der Waals surface area contributed by atoms with Crippen molar-refractivity contribution in [3.63, 3.8) is 0 Å². The van der Waals surface area contributed by atoms with E-state index in [1.165, 1.54) is 6.08 Å². The maximum atomic E-state index is 10.1. The van der Waals surface area contributed by atoms with Crippen LogP contribution in [0.2, 0.25) is 0 Å². The summed E-state index contributed by atoms with van der Waals surface area (Å²) in [6.07, 6.45) is 16.3. The Bertz CT molecular complexity index is 257. The van der Waals surface area contributed by atoms with Gasteiger partial charge in [-0.3, -0.25) is 0 Å². The molecular weight excluding hydrogens is 176 g/mol. The Balaban J connectivity index is 3.49. The predicted molar refractivity (Wildman–Crippen MR) is 59.1 cm³/mol. The normalized spacial score (nSPS) is 12.6. The number of hydrogen-bond donors (Lipinski definition) is 1. The standard InChI is InChI=1S/C12H16O2/c1-2-3-4-5-6-7-8-9-10-11-12(13)14/h2-5,8-11H,6-7H2,1H3,(H,13,14)/b3-2?,5-4-,9-8+,11-10+. The maximum Gasteiger partial charge on any atom is 0.328 e. The molecule has 0 aliphatic rings. The smallest absolute Gasteiger partial charge is 0.328 e. The molecule has 0 fully saturated rings. The van der Waals surface area contributed by atoms with Gasteiger partial charge in [0.25, 0.3) is 0 Å². The van der Waals surface area contributed by atoms with Crippen LogP contribution in [0.3, 0.4) is 0 Å². The zero-order chi connectivity index (χ0) is 10.6. The van der Waals surface area contributed by atoms with E-state index in [2.05, 4.69) is 6.08 Å². The molecule has 1 N–H and O–H groups in total. The van der Waals surface area contributed by atoms with Crippen LogP contribution in [0.15, 0.2) is 48.6 Å². The van der Waals surface area contributed by atoms with Gasteiger partial charge in [0.1, 0.15) is 0 Å². The second-order valence-electron chi connectivity index (χ2n) is 2.66. The van der Waals surface area contributed by atoms with Gasteiger partial charge in [0.05, 0.1) is 0 Å². The van der Waals surface area contributed by atoms with Gasteiger partial charge >= 0.3 is 5.97 Å². The first-order chi connectivity index (χ1) is 6.77. The molecule has 0 aliphatic heterocycles. The molecule has 0 aliphatic carbocycles. The third-order valence-electron chi connectivity index (χ3n) is 1.43. The summed E-state index contributed by atoms with van der Waals surface area (Å²) in [7, 11) is 0.